The minimum atomic E-state index is -3.58. The van der Waals surface area contributed by atoms with E-state index < -0.39 is 21.8 Å². The van der Waals surface area contributed by atoms with Gasteiger partial charge in [0.2, 0.25) is 0 Å². The number of hydrogen-bond acceptors (Lipinski definition) is 3. The van der Waals surface area contributed by atoms with Crippen molar-refractivity contribution >= 4 is 9.84 Å². The summed E-state index contributed by atoms with van der Waals surface area (Å²) in [5.41, 5.74) is 0.620. The van der Waals surface area contributed by atoms with Gasteiger partial charge in [-0.25, -0.2) is 12.8 Å². The lowest BCUT2D eigenvalue weighted by molar-refractivity contribution is 0.391. The van der Waals surface area contributed by atoms with Crippen molar-refractivity contribution in [1.29, 1.82) is 5.26 Å². The maximum Gasteiger partial charge on any atom is 0.181 e. The molecule has 0 amide bonds. The molecule has 1 aromatic carbocycles. The van der Waals surface area contributed by atoms with Crippen LogP contribution in [0.4, 0.5) is 4.39 Å². The zero-order valence-corrected chi connectivity index (χ0v) is 9.67. The summed E-state index contributed by atoms with van der Waals surface area (Å²) in [6, 6.07) is 7.99. The molecule has 0 heterocycles. The Morgan fingerprint density at radius 2 is 2.19 bits per heavy atom. The van der Waals surface area contributed by atoms with Gasteiger partial charge in [0.25, 0.3) is 0 Å². The fraction of sp³-hybridized carbons (Fsp3) is 0.364. The van der Waals surface area contributed by atoms with Gasteiger partial charge in [-0.05, 0) is 24.6 Å². The van der Waals surface area contributed by atoms with Crippen molar-refractivity contribution in [3.05, 3.63) is 29.8 Å². The largest absolute Gasteiger partial charge is 0.247 e. The van der Waals surface area contributed by atoms with Crippen LogP contribution in [0.1, 0.15) is 12.5 Å². The molecular weight excluding hydrogens is 229 g/mol. The number of halogens is 1. The number of benzene rings is 1. The standard InChI is InChI=1S/C11H12FNO2S/c1-9(12)8-16(14,15)11-4-2-3-10(7-11)5-6-13/h2-4,7,9H,5,8H2,1H3. The molecular formula is C11H12FNO2S. The van der Waals surface area contributed by atoms with Gasteiger partial charge in [-0.3, -0.25) is 0 Å². The molecule has 0 aromatic heterocycles. The van der Waals surface area contributed by atoms with Gasteiger partial charge < -0.3 is 0 Å². The second kappa shape index (κ2) is 5.08. The lowest BCUT2D eigenvalue weighted by Crippen LogP contribution is -2.14. The van der Waals surface area contributed by atoms with Crippen molar-refractivity contribution in [3.63, 3.8) is 0 Å². The van der Waals surface area contributed by atoms with Crippen molar-refractivity contribution in [1.82, 2.24) is 0 Å². The fourth-order valence-electron chi connectivity index (χ4n) is 1.34. The lowest BCUT2D eigenvalue weighted by Gasteiger charge is -2.06. The summed E-state index contributed by atoms with van der Waals surface area (Å²) in [6.07, 6.45) is -1.25. The van der Waals surface area contributed by atoms with E-state index in [-0.39, 0.29) is 11.3 Å². The summed E-state index contributed by atoms with van der Waals surface area (Å²) in [5, 5.41) is 8.50. The summed E-state index contributed by atoms with van der Waals surface area (Å²) < 4.78 is 36.1. The molecule has 0 saturated heterocycles. The average Bonchev–Trinajstić information content (AvgIpc) is 2.16. The molecule has 5 heteroatoms. The molecule has 0 fully saturated rings. The van der Waals surface area contributed by atoms with Crippen LogP contribution in [0.3, 0.4) is 0 Å². The lowest BCUT2D eigenvalue weighted by atomic mass is 10.2. The number of hydrogen-bond donors (Lipinski definition) is 0. The van der Waals surface area contributed by atoms with Gasteiger partial charge in [0.05, 0.1) is 23.1 Å². The Balaban J connectivity index is 3.05. The number of sulfone groups is 1. The molecule has 1 atom stereocenters. The van der Waals surface area contributed by atoms with Gasteiger partial charge in [0, 0.05) is 0 Å². The van der Waals surface area contributed by atoms with Crippen LogP contribution in [0.2, 0.25) is 0 Å². The SMILES string of the molecule is CC(F)CS(=O)(=O)c1cccc(CC#N)c1. The van der Waals surface area contributed by atoms with Gasteiger partial charge >= 0.3 is 0 Å². The molecule has 1 unspecified atom stereocenters. The Bertz CT molecular complexity index is 503. The van der Waals surface area contributed by atoms with Crippen LogP contribution in [0, 0.1) is 11.3 Å². The highest BCUT2D eigenvalue weighted by atomic mass is 32.2. The Morgan fingerprint density at radius 3 is 2.75 bits per heavy atom. The Labute approximate surface area is 94.4 Å². The third-order valence-electron chi connectivity index (χ3n) is 1.99. The van der Waals surface area contributed by atoms with Crippen LogP contribution < -0.4 is 0 Å². The van der Waals surface area contributed by atoms with E-state index in [4.69, 9.17) is 5.26 Å². The molecule has 1 aromatic rings. The molecule has 0 saturated carbocycles. The van der Waals surface area contributed by atoms with Gasteiger partial charge in [0.15, 0.2) is 9.84 Å². The van der Waals surface area contributed by atoms with Gasteiger partial charge in [-0.1, -0.05) is 12.1 Å². The smallest absolute Gasteiger partial charge is 0.181 e. The first kappa shape index (κ1) is 12.7. The third-order valence-corrected chi connectivity index (χ3v) is 3.86. The summed E-state index contributed by atoms with van der Waals surface area (Å²) in [4.78, 5) is 0.0738. The zero-order valence-electron chi connectivity index (χ0n) is 8.85. The van der Waals surface area contributed by atoms with E-state index in [2.05, 4.69) is 0 Å². The second-order valence-electron chi connectivity index (χ2n) is 3.54. The first-order valence-corrected chi connectivity index (χ1v) is 6.43. The molecule has 0 radical (unpaired) electrons. The first-order valence-electron chi connectivity index (χ1n) is 4.78. The van der Waals surface area contributed by atoms with Crippen LogP contribution in [0.5, 0.6) is 0 Å². The van der Waals surface area contributed by atoms with Crippen molar-refractivity contribution in [2.75, 3.05) is 5.75 Å². The highest BCUT2D eigenvalue weighted by Crippen LogP contribution is 2.15. The van der Waals surface area contributed by atoms with E-state index in [0.29, 0.717) is 5.56 Å². The molecule has 0 aliphatic heterocycles. The van der Waals surface area contributed by atoms with Crippen molar-refractivity contribution < 1.29 is 12.8 Å². The van der Waals surface area contributed by atoms with E-state index >= 15 is 0 Å². The van der Waals surface area contributed by atoms with Crippen LogP contribution in [0.25, 0.3) is 0 Å². The zero-order chi connectivity index (χ0) is 12.2. The predicted octanol–water partition coefficient (Wildman–Crippen LogP) is 1.88. The van der Waals surface area contributed by atoms with Crippen LogP contribution in [-0.4, -0.2) is 20.3 Å². The van der Waals surface area contributed by atoms with E-state index in [9.17, 15) is 12.8 Å². The average molecular weight is 241 g/mol. The van der Waals surface area contributed by atoms with Gasteiger partial charge in [-0.2, -0.15) is 5.26 Å². The summed E-state index contributed by atoms with van der Waals surface area (Å²) in [7, 11) is -3.58. The first-order chi connectivity index (χ1) is 7.45. The molecule has 0 aliphatic rings. The topological polar surface area (TPSA) is 57.9 Å². The Morgan fingerprint density at radius 1 is 1.50 bits per heavy atom. The van der Waals surface area contributed by atoms with Crippen LogP contribution in [-0.2, 0) is 16.3 Å². The van der Waals surface area contributed by atoms with Gasteiger partial charge in [0.1, 0.15) is 6.17 Å². The third kappa shape index (κ3) is 3.31. The minimum absolute atomic E-state index is 0.0738. The van der Waals surface area contributed by atoms with Crippen molar-refractivity contribution in [3.8, 4) is 6.07 Å². The molecule has 0 aliphatic carbocycles. The van der Waals surface area contributed by atoms with E-state index in [1.165, 1.54) is 19.1 Å². The Hall–Kier alpha value is -1.41. The molecule has 0 spiro atoms. The summed E-state index contributed by atoms with van der Waals surface area (Å²) in [5.74, 6) is -0.525. The minimum Gasteiger partial charge on any atom is -0.247 e. The van der Waals surface area contributed by atoms with E-state index in [0.717, 1.165) is 0 Å². The van der Waals surface area contributed by atoms with E-state index in [1.54, 1.807) is 12.1 Å². The van der Waals surface area contributed by atoms with E-state index in [1.807, 2.05) is 6.07 Å². The predicted molar refractivity (Wildman–Crippen MR) is 58.4 cm³/mol. The molecule has 1 rings (SSSR count). The normalized spacial score (nSPS) is 13.1. The number of nitrogens with zero attached hydrogens (tertiary/aromatic N) is 1. The quantitative estimate of drug-likeness (QED) is 0.808. The molecule has 3 nitrogen and oxygen atoms in total. The van der Waals surface area contributed by atoms with Gasteiger partial charge in [-0.15, -0.1) is 0 Å². The van der Waals surface area contributed by atoms with Crippen LogP contribution >= 0.6 is 0 Å². The highest BCUT2D eigenvalue weighted by molar-refractivity contribution is 7.91. The summed E-state index contributed by atoms with van der Waals surface area (Å²) in [6.45, 7) is 1.21. The molecule has 16 heavy (non-hydrogen) atoms. The summed E-state index contributed by atoms with van der Waals surface area (Å²) >= 11 is 0. The monoisotopic (exact) mass is 241 g/mol. The number of nitriles is 1. The second-order valence-corrected chi connectivity index (χ2v) is 5.58. The maximum atomic E-state index is 12.7. The van der Waals surface area contributed by atoms with Crippen molar-refractivity contribution in [2.45, 2.75) is 24.4 Å². The van der Waals surface area contributed by atoms with Crippen molar-refractivity contribution in [2.24, 2.45) is 0 Å². The number of rotatable bonds is 4. The molecule has 0 bridgehead atoms. The number of alkyl halides is 1. The molecule has 86 valence electrons. The highest BCUT2D eigenvalue weighted by Gasteiger charge is 2.18. The molecule has 0 N–H and O–H groups in total. The van der Waals surface area contributed by atoms with Crippen LogP contribution in [0.15, 0.2) is 29.2 Å². The maximum absolute atomic E-state index is 12.7. The Kier molecular flexibility index (Phi) is 4.02. The fourth-order valence-corrected chi connectivity index (χ4v) is 2.75.